The van der Waals surface area contributed by atoms with Crippen LogP contribution in [0, 0.1) is 18.3 Å². The lowest BCUT2D eigenvalue weighted by Gasteiger charge is -2.20. The van der Waals surface area contributed by atoms with Crippen molar-refractivity contribution in [3.63, 3.8) is 0 Å². The van der Waals surface area contributed by atoms with E-state index in [2.05, 4.69) is 16.3 Å². The zero-order chi connectivity index (χ0) is 23.3. The van der Waals surface area contributed by atoms with E-state index >= 15 is 0 Å². The molecule has 1 aliphatic rings. The molecule has 0 radical (unpaired) electrons. The highest BCUT2D eigenvalue weighted by atomic mass is 16.6. The second-order valence-electron chi connectivity index (χ2n) is 8.31. The summed E-state index contributed by atoms with van der Waals surface area (Å²) >= 11 is 0. The van der Waals surface area contributed by atoms with Crippen molar-refractivity contribution in [1.29, 1.82) is 5.26 Å². The summed E-state index contributed by atoms with van der Waals surface area (Å²) in [6, 6.07) is 18.0. The maximum absolute atomic E-state index is 9.67. The van der Waals surface area contributed by atoms with Crippen LogP contribution in [-0.4, -0.2) is 23.1 Å². The van der Waals surface area contributed by atoms with Gasteiger partial charge in [0, 0.05) is 7.05 Å². The Kier molecular flexibility index (Phi) is 6.64. The maximum Gasteiger partial charge on any atom is 0.226 e. The van der Waals surface area contributed by atoms with Gasteiger partial charge < -0.3 is 14.3 Å². The molecule has 0 N–H and O–H groups in total. The molecule has 1 saturated carbocycles. The fraction of sp³-hybridized carbons (Fsp3) is 0.346. The molecule has 170 valence electrons. The molecule has 0 bridgehead atoms. The molecule has 1 aromatic heterocycles. The Morgan fingerprint density at radius 1 is 1.09 bits per heavy atom. The van der Waals surface area contributed by atoms with Crippen molar-refractivity contribution >= 4 is 6.21 Å². The lowest BCUT2D eigenvalue weighted by atomic mass is 9.80. The fourth-order valence-corrected chi connectivity index (χ4v) is 4.24. The standard InChI is InChI=1S/C26H28N4O3/c1-19-24(25(30(2)29-19)33-23-12-10-22(31-3)11-13-23)16-28-32-17-20-6-8-21(9-7-20)26(18-27)14-4-5-15-26/h6-13,16H,4-5,14-15,17H2,1-3H3. The van der Waals surface area contributed by atoms with Crippen LogP contribution in [0.15, 0.2) is 53.7 Å². The molecule has 0 atom stereocenters. The summed E-state index contributed by atoms with van der Waals surface area (Å²) in [6.45, 7) is 2.24. The summed E-state index contributed by atoms with van der Waals surface area (Å²) in [5.41, 5.74) is 3.31. The van der Waals surface area contributed by atoms with Crippen molar-refractivity contribution in [1.82, 2.24) is 9.78 Å². The average molecular weight is 445 g/mol. The number of rotatable bonds is 8. The Hall–Kier alpha value is -3.79. The number of benzene rings is 2. The van der Waals surface area contributed by atoms with E-state index in [0.717, 1.165) is 53.8 Å². The number of aryl methyl sites for hydroxylation is 2. The zero-order valence-electron chi connectivity index (χ0n) is 19.2. The molecule has 0 aliphatic heterocycles. The van der Waals surface area contributed by atoms with Crippen LogP contribution in [0.2, 0.25) is 0 Å². The molecule has 4 rings (SSSR count). The number of oxime groups is 1. The Morgan fingerprint density at radius 2 is 1.76 bits per heavy atom. The molecule has 7 nitrogen and oxygen atoms in total. The Morgan fingerprint density at radius 3 is 2.39 bits per heavy atom. The summed E-state index contributed by atoms with van der Waals surface area (Å²) in [5.74, 6) is 2.01. The van der Waals surface area contributed by atoms with E-state index in [1.165, 1.54) is 0 Å². The van der Waals surface area contributed by atoms with Gasteiger partial charge in [0.15, 0.2) is 0 Å². The highest BCUT2D eigenvalue weighted by Gasteiger charge is 2.35. The number of hydrogen-bond donors (Lipinski definition) is 0. The Labute approximate surface area is 194 Å². The molecule has 1 heterocycles. The largest absolute Gasteiger partial charge is 0.497 e. The third-order valence-electron chi connectivity index (χ3n) is 6.15. The van der Waals surface area contributed by atoms with Gasteiger partial charge in [-0.3, -0.25) is 0 Å². The van der Waals surface area contributed by atoms with E-state index in [0.29, 0.717) is 18.2 Å². The topological polar surface area (TPSA) is 81.7 Å². The predicted molar refractivity (Wildman–Crippen MR) is 126 cm³/mol. The summed E-state index contributed by atoms with van der Waals surface area (Å²) in [7, 11) is 3.45. The first-order valence-corrected chi connectivity index (χ1v) is 11.1. The number of ether oxygens (including phenoxy) is 2. The van der Waals surface area contributed by atoms with Gasteiger partial charge in [0.25, 0.3) is 0 Å². The number of methoxy groups -OCH3 is 1. The maximum atomic E-state index is 9.67. The molecular formula is C26H28N4O3. The molecule has 2 aromatic carbocycles. The highest BCUT2D eigenvalue weighted by molar-refractivity contribution is 5.84. The van der Waals surface area contributed by atoms with Gasteiger partial charge in [-0.15, -0.1) is 0 Å². The quantitative estimate of drug-likeness (QED) is 0.342. The van der Waals surface area contributed by atoms with Crippen LogP contribution in [-0.2, 0) is 23.9 Å². The van der Waals surface area contributed by atoms with E-state index in [9.17, 15) is 5.26 Å². The zero-order valence-corrected chi connectivity index (χ0v) is 19.2. The first-order valence-electron chi connectivity index (χ1n) is 11.1. The molecular weight excluding hydrogens is 416 g/mol. The van der Waals surface area contributed by atoms with E-state index in [1.807, 2.05) is 62.5 Å². The smallest absolute Gasteiger partial charge is 0.226 e. The second-order valence-corrected chi connectivity index (χ2v) is 8.31. The molecule has 1 aliphatic carbocycles. The molecule has 0 unspecified atom stereocenters. The van der Waals surface area contributed by atoms with Gasteiger partial charge in [-0.1, -0.05) is 42.3 Å². The first kappa shape index (κ1) is 22.4. The third kappa shape index (κ3) is 4.85. The van der Waals surface area contributed by atoms with Gasteiger partial charge in [-0.2, -0.15) is 10.4 Å². The lowest BCUT2D eigenvalue weighted by molar-refractivity contribution is 0.132. The van der Waals surface area contributed by atoms with Crippen LogP contribution in [0.3, 0.4) is 0 Å². The van der Waals surface area contributed by atoms with Gasteiger partial charge in [0.2, 0.25) is 5.88 Å². The molecule has 0 amide bonds. The fourth-order valence-electron chi connectivity index (χ4n) is 4.24. The van der Waals surface area contributed by atoms with Crippen molar-refractivity contribution in [2.75, 3.05) is 7.11 Å². The highest BCUT2D eigenvalue weighted by Crippen LogP contribution is 2.40. The monoisotopic (exact) mass is 444 g/mol. The molecule has 33 heavy (non-hydrogen) atoms. The second kappa shape index (κ2) is 9.78. The molecule has 1 fully saturated rings. The summed E-state index contributed by atoms with van der Waals surface area (Å²) in [6.07, 6.45) is 5.74. The van der Waals surface area contributed by atoms with Gasteiger partial charge in [-0.05, 0) is 55.2 Å². The van der Waals surface area contributed by atoms with Crippen molar-refractivity contribution in [2.45, 2.75) is 44.6 Å². The van der Waals surface area contributed by atoms with Crippen LogP contribution >= 0.6 is 0 Å². The van der Waals surface area contributed by atoms with E-state index in [-0.39, 0.29) is 5.41 Å². The molecule has 0 saturated heterocycles. The van der Waals surface area contributed by atoms with Gasteiger partial charge in [0.1, 0.15) is 18.1 Å². The van der Waals surface area contributed by atoms with Crippen molar-refractivity contribution < 1.29 is 14.3 Å². The number of nitriles is 1. The van der Waals surface area contributed by atoms with Crippen LogP contribution in [0.1, 0.15) is 48.1 Å². The summed E-state index contributed by atoms with van der Waals surface area (Å²) < 4.78 is 12.9. The minimum absolute atomic E-state index is 0.324. The molecule has 0 spiro atoms. The molecule has 7 heteroatoms. The number of nitrogens with zero attached hydrogens (tertiary/aromatic N) is 4. The summed E-state index contributed by atoms with van der Waals surface area (Å²) in [4.78, 5) is 5.54. The van der Waals surface area contributed by atoms with Crippen LogP contribution in [0.4, 0.5) is 0 Å². The van der Waals surface area contributed by atoms with Crippen molar-refractivity contribution in [3.8, 4) is 23.4 Å². The minimum Gasteiger partial charge on any atom is -0.497 e. The van der Waals surface area contributed by atoms with E-state index in [4.69, 9.17) is 14.3 Å². The van der Waals surface area contributed by atoms with E-state index in [1.54, 1.807) is 18.0 Å². The van der Waals surface area contributed by atoms with E-state index < -0.39 is 0 Å². The van der Waals surface area contributed by atoms with Crippen LogP contribution < -0.4 is 9.47 Å². The SMILES string of the molecule is COc1ccc(Oc2c(C=NOCc3ccc(C4(C#N)CCCC4)cc3)c(C)nn2C)cc1. The Bertz CT molecular complexity index is 1150. The third-order valence-corrected chi connectivity index (χ3v) is 6.15. The van der Waals surface area contributed by atoms with Crippen LogP contribution in [0.5, 0.6) is 17.4 Å². The predicted octanol–water partition coefficient (Wildman–Crippen LogP) is 5.42. The minimum atomic E-state index is -0.324. The molecule has 3 aromatic rings. The Balaban J connectivity index is 1.40. The van der Waals surface area contributed by atoms with Crippen molar-refractivity contribution in [3.05, 3.63) is 70.9 Å². The number of aromatic nitrogens is 2. The lowest BCUT2D eigenvalue weighted by Crippen LogP contribution is -2.19. The van der Waals surface area contributed by atoms with Crippen LogP contribution in [0.25, 0.3) is 0 Å². The van der Waals surface area contributed by atoms with Crippen molar-refractivity contribution in [2.24, 2.45) is 12.2 Å². The van der Waals surface area contributed by atoms with Gasteiger partial charge in [0.05, 0.1) is 36.1 Å². The normalized spacial score (nSPS) is 14.8. The summed E-state index contributed by atoms with van der Waals surface area (Å²) in [5, 5.41) is 18.2. The van der Waals surface area contributed by atoms with Gasteiger partial charge >= 0.3 is 0 Å². The van der Waals surface area contributed by atoms with Gasteiger partial charge in [-0.25, -0.2) is 4.68 Å². The number of hydrogen-bond acceptors (Lipinski definition) is 6. The average Bonchev–Trinajstić information content (AvgIpc) is 3.43. The first-order chi connectivity index (χ1) is 16.0.